The number of carbonyl (C=O) groups is 4. The average molecular weight is 986 g/mol. The molecule has 0 spiro atoms. The van der Waals surface area contributed by atoms with Crippen LogP contribution in [0, 0.1) is 11.8 Å². The fourth-order valence-corrected chi connectivity index (χ4v) is 10.9. The van der Waals surface area contributed by atoms with Gasteiger partial charge in [0.05, 0.1) is 42.7 Å². The lowest BCUT2D eigenvalue weighted by atomic mass is 9.87. The predicted molar refractivity (Wildman–Crippen MR) is 274 cm³/mol. The van der Waals surface area contributed by atoms with Gasteiger partial charge in [0.2, 0.25) is 11.8 Å². The zero-order valence-corrected chi connectivity index (χ0v) is 43.1. The lowest BCUT2D eigenvalue weighted by Gasteiger charge is -2.34. The molecular formula is C55H71N9O8. The molecule has 2 aromatic heterocycles. The van der Waals surface area contributed by atoms with Gasteiger partial charge in [-0.2, -0.15) is 0 Å². The molecule has 0 saturated carbocycles. The monoisotopic (exact) mass is 986 g/mol. The molecule has 0 bridgehead atoms. The largest absolute Gasteiger partial charge is 0.465 e. The summed E-state index contributed by atoms with van der Waals surface area (Å²) in [5, 5.41) is 14.6. The number of carbonyl (C=O) groups excluding carboxylic acids is 3. The van der Waals surface area contributed by atoms with E-state index in [0.29, 0.717) is 24.7 Å². The van der Waals surface area contributed by atoms with E-state index in [2.05, 4.69) is 119 Å². The lowest BCUT2D eigenvalue weighted by molar-refractivity contribution is -0.136. The molecule has 72 heavy (non-hydrogen) atoms. The highest BCUT2D eigenvalue weighted by atomic mass is 16.5. The predicted octanol–water partition coefficient (Wildman–Crippen LogP) is 9.10. The minimum atomic E-state index is -1.22. The van der Waals surface area contributed by atoms with E-state index in [9.17, 15) is 24.3 Å². The smallest absolute Gasteiger partial charge is 0.407 e. The number of benzene rings is 3. The number of anilines is 1. The van der Waals surface area contributed by atoms with Gasteiger partial charge in [-0.1, -0.05) is 109 Å². The Hall–Kier alpha value is -6.72. The molecule has 4 amide bonds. The molecule has 5 N–H and O–H groups in total. The first-order valence-electron chi connectivity index (χ1n) is 25.1. The average Bonchev–Trinajstić information content (AvgIpc) is 4.23. The summed E-state index contributed by atoms with van der Waals surface area (Å²) in [6.45, 7) is 15.2. The number of rotatable bonds is 15. The number of ether oxygens (including phenoxy) is 3. The minimum absolute atomic E-state index is 0.0418. The molecule has 8 atom stereocenters. The number of alkyl carbamates (subject to hydrolysis) is 1. The number of nitrogens with zero attached hydrogens (tertiary/aromatic N) is 5. The number of imidazole rings is 2. The number of aromatic nitrogens is 4. The van der Waals surface area contributed by atoms with E-state index in [1.165, 1.54) is 12.7 Å². The second-order valence-corrected chi connectivity index (χ2v) is 21.0. The van der Waals surface area contributed by atoms with Crippen molar-refractivity contribution in [3.05, 3.63) is 114 Å². The molecule has 384 valence electrons. The number of carboxylic acid groups (broad SMARTS) is 1. The van der Waals surface area contributed by atoms with E-state index in [-0.39, 0.29) is 65.4 Å². The van der Waals surface area contributed by atoms with Crippen molar-refractivity contribution in [3.63, 3.8) is 0 Å². The van der Waals surface area contributed by atoms with Crippen LogP contribution in [0.5, 0.6) is 0 Å². The van der Waals surface area contributed by atoms with E-state index < -0.39 is 24.3 Å². The molecule has 3 saturated heterocycles. The summed E-state index contributed by atoms with van der Waals surface area (Å²) < 4.78 is 17.7. The highest BCUT2D eigenvalue weighted by molar-refractivity contribution is 5.87. The zero-order chi connectivity index (χ0) is 51.6. The number of hydrogen-bond donors (Lipinski definition) is 5. The number of aromatic amines is 2. The third-order valence-corrected chi connectivity index (χ3v) is 14.7. The summed E-state index contributed by atoms with van der Waals surface area (Å²) in [6.07, 6.45) is 4.23. The number of H-pyrrole nitrogens is 2. The van der Waals surface area contributed by atoms with Gasteiger partial charge in [0, 0.05) is 56.5 Å². The fraction of sp³-hybridized carbons (Fsp3) is 0.491. The number of methoxy groups -OCH3 is 3. The van der Waals surface area contributed by atoms with Crippen LogP contribution >= 0.6 is 0 Å². The number of hydrogen-bond acceptors (Lipinski definition) is 10. The van der Waals surface area contributed by atoms with E-state index in [4.69, 9.17) is 24.2 Å². The van der Waals surface area contributed by atoms with Crippen LogP contribution < -0.4 is 15.5 Å². The maximum Gasteiger partial charge on any atom is 0.407 e. The van der Waals surface area contributed by atoms with Gasteiger partial charge in [0.15, 0.2) is 0 Å². The molecule has 5 aromatic rings. The maximum atomic E-state index is 13.8. The molecule has 17 heteroatoms. The number of amides is 4. The Morgan fingerprint density at radius 2 is 1.08 bits per heavy atom. The summed E-state index contributed by atoms with van der Waals surface area (Å²) in [5.41, 5.74) is 7.58. The Morgan fingerprint density at radius 3 is 1.46 bits per heavy atom. The summed E-state index contributed by atoms with van der Waals surface area (Å²) >= 11 is 0. The second kappa shape index (κ2) is 21.6. The first kappa shape index (κ1) is 51.6. The quantitative estimate of drug-likeness (QED) is 0.0669. The summed E-state index contributed by atoms with van der Waals surface area (Å²) in [4.78, 5) is 73.9. The van der Waals surface area contributed by atoms with Crippen LogP contribution in [0.4, 0.5) is 15.3 Å². The summed E-state index contributed by atoms with van der Waals surface area (Å²) in [7, 11) is 4.77. The van der Waals surface area contributed by atoms with Gasteiger partial charge in [-0.15, -0.1) is 0 Å². The first-order valence-corrected chi connectivity index (χ1v) is 25.1. The van der Waals surface area contributed by atoms with Gasteiger partial charge in [-0.3, -0.25) is 9.59 Å². The molecular weight excluding hydrogens is 915 g/mol. The van der Waals surface area contributed by atoms with Crippen molar-refractivity contribution in [3.8, 4) is 22.5 Å². The molecule has 3 aliphatic rings. The van der Waals surface area contributed by atoms with Crippen molar-refractivity contribution in [2.75, 3.05) is 39.3 Å². The molecule has 3 aliphatic heterocycles. The van der Waals surface area contributed by atoms with Crippen LogP contribution in [0.3, 0.4) is 0 Å². The summed E-state index contributed by atoms with van der Waals surface area (Å²) in [6, 6.07) is 22.9. The Morgan fingerprint density at radius 1 is 0.653 bits per heavy atom. The topological polar surface area (TPSA) is 207 Å². The van der Waals surface area contributed by atoms with Crippen LogP contribution in [-0.2, 0) is 29.2 Å². The van der Waals surface area contributed by atoms with Crippen molar-refractivity contribution >= 4 is 29.7 Å². The van der Waals surface area contributed by atoms with E-state index in [1.54, 1.807) is 19.1 Å². The van der Waals surface area contributed by atoms with Crippen LogP contribution in [0.15, 0.2) is 85.2 Å². The van der Waals surface area contributed by atoms with Gasteiger partial charge in [0.1, 0.15) is 35.9 Å². The normalized spacial score (nSPS) is 22.1. The Kier molecular flexibility index (Phi) is 15.5. The standard InChI is InChI=1S/C55H71N9O8/c1-31(2)43(60-53(67)68)51(65)62-27-11-13-41(62)49-56-29-39(58-49)33-15-19-35(20-16-33)45-47(70-8)48(71-9)46(64(45)38-25-23-37(24-26-38)55(5,6)7)36-21-17-34(18-22-36)40-30-57-50(59-40)42-14-12-28-63(42)52(66)44(32(3)4)61-54(69)72-10/h15-26,29-32,41-48,60H,11-14,27-28H2,1-10H3,(H,56,58)(H,57,59)(H,61,69)(H,67,68)/t41-,42-,43-,44-,45+,46+,47-,48-/m0/s1. The molecule has 5 heterocycles. The lowest BCUT2D eigenvalue weighted by Crippen LogP contribution is -2.51. The highest BCUT2D eigenvalue weighted by Gasteiger charge is 2.51. The Bertz CT molecular complexity index is 2680. The molecule has 17 nitrogen and oxygen atoms in total. The van der Waals surface area contributed by atoms with Crippen molar-refractivity contribution in [1.82, 2.24) is 40.4 Å². The van der Waals surface area contributed by atoms with E-state index in [0.717, 1.165) is 65.0 Å². The third-order valence-electron chi connectivity index (χ3n) is 14.7. The zero-order valence-electron chi connectivity index (χ0n) is 43.1. The maximum absolute atomic E-state index is 13.8. The fourth-order valence-electron chi connectivity index (χ4n) is 10.9. The number of nitrogens with one attached hydrogen (secondary N) is 4. The molecule has 8 rings (SSSR count). The van der Waals surface area contributed by atoms with Crippen LogP contribution in [0.2, 0.25) is 0 Å². The van der Waals surface area contributed by atoms with Gasteiger partial charge in [-0.25, -0.2) is 19.6 Å². The molecule has 0 aliphatic carbocycles. The summed E-state index contributed by atoms with van der Waals surface area (Å²) in [5.74, 6) is 0.614. The number of likely N-dealkylation sites (tertiary alicyclic amines) is 2. The van der Waals surface area contributed by atoms with Crippen LogP contribution in [0.1, 0.15) is 127 Å². The van der Waals surface area contributed by atoms with E-state index in [1.807, 2.05) is 45.0 Å². The van der Waals surface area contributed by atoms with Crippen molar-refractivity contribution < 1.29 is 38.5 Å². The Balaban J connectivity index is 1.07. The van der Waals surface area contributed by atoms with Gasteiger partial charge in [0.25, 0.3) is 0 Å². The molecule has 0 radical (unpaired) electrons. The third kappa shape index (κ3) is 10.4. The van der Waals surface area contributed by atoms with Gasteiger partial charge >= 0.3 is 12.2 Å². The van der Waals surface area contributed by atoms with Crippen LogP contribution in [0.25, 0.3) is 22.5 Å². The van der Waals surface area contributed by atoms with Crippen molar-refractivity contribution in [1.29, 1.82) is 0 Å². The van der Waals surface area contributed by atoms with E-state index >= 15 is 0 Å². The minimum Gasteiger partial charge on any atom is -0.465 e. The Labute approximate surface area is 422 Å². The van der Waals surface area contributed by atoms with Gasteiger partial charge < -0.3 is 54.6 Å². The van der Waals surface area contributed by atoms with Crippen LogP contribution in [-0.4, -0.2) is 118 Å². The van der Waals surface area contributed by atoms with Crippen molar-refractivity contribution in [2.45, 2.75) is 128 Å². The first-order chi connectivity index (χ1) is 34.4. The molecule has 0 unspecified atom stereocenters. The molecule has 3 aromatic carbocycles. The highest BCUT2D eigenvalue weighted by Crippen LogP contribution is 2.50. The van der Waals surface area contributed by atoms with Gasteiger partial charge in [-0.05, 0) is 71.8 Å². The SMILES string of the molecule is COC(=O)N[C@H](C(=O)N1CCC[C@H]1c1nc(-c2ccc([C@@H]3[C@H](OC)[C@@H](OC)[C@@H](c4ccc(-c5c[nH]c([C@@H]6CCCN6C(=O)[C@@H](NC(=O)O)C(C)C)n5)cc4)N3c3ccc(C(C)(C)C)cc3)cc2)c[nH]1)C(C)C. The molecule has 3 fully saturated rings. The second-order valence-electron chi connectivity index (χ2n) is 21.0. The van der Waals surface area contributed by atoms with Crippen molar-refractivity contribution in [2.24, 2.45) is 11.8 Å².